The SMILES string of the molecule is C/C=C\C=C(/CC)C1=NC(c2cccc(-n3c4cc(-c5ccc6c(c5)N(c5ccccc5)c5ccccc5S6)ccc4c4c5ccccc5ccc43)c2)=NC(c2ccccc2)N1. The Morgan fingerprint density at radius 2 is 1.37 bits per heavy atom. The van der Waals surface area contributed by atoms with Crippen LogP contribution in [0, 0.1) is 0 Å². The van der Waals surface area contributed by atoms with E-state index in [9.17, 15) is 0 Å². The van der Waals surface area contributed by atoms with Gasteiger partial charge < -0.3 is 14.8 Å². The smallest absolute Gasteiger partial charge is 0.159 e. The maximum Gasteiger partial charge on any atom is 0.159 e. The average molecular weight is 818 g/mol. The van der Waals surface area contributed by atoms with Gasteiger partial charge in [0.25, 0.3) is 0 Å². The fourth-order valence-electron chi connectivity index (χ4n) is 8.94. The maximum atomic E-state index is 5.25. The van der Waals surface area contributed by atoms with Crippen LogP contribution in [0.4, 0.5) is 17.1 Å². The van der Waals surface area contributed by atoms with Crippen molar-refractivity contribution in [3.63, 3.8) is 0 Å². The number of hydrogen-bond donors (Lipinski definition) is 1. The highest BCUT2D eigenvalue weighted by molar-refractivity contribution is 7.99. The van der Waals surface area contributed by atoms with E-state index in [1.54, 1.807) is 0 Å². The highest BCUT2D eigenvalue weighted by atomic mass is 32.2. The van der Waals surface area contributed by atoms with E-state index >= 15 is 0 Å². The van der Waals surface area contributed by atoms with Crippen molar-refractivity contribution in [3.05, 3.63) is 217 Å². The molecule has 11 rings (SSSR count). The van der Waals surface area contributed by atoms with Gasteiger partial charge in [0.1, 0.15) is 12.0 Å². The summed E-state index contributed by atoms with van der Waals surface area (Å²) in [5, 5.41) is 8.56. The average Bonchev–Trinajstić information content (AvgIpc) is 3.68. The van der Waals surface area contributed by atoms with Gasteiger partial charge in [-0.3, -0.25) is 0 Å². The van der Waals surface area contributed by atoms with E-state index in [-0.39, 0.29) is 6.17 Å². The molecule has 0 saturated heterocycles. The minimum Gasteiger partial charge on any atom is -0.344 e. The summed E-state index contributed by atoms with van der Waals surface area (Å²) < 4.78 is 2.43. The van der Waals surface area contributed by atoms with Crippen LogP contribution in [0.25, 0.3) is 49.4 Å². The largest absolute Gasteiger partial charge is 0.344 e. The van der Waals surface area contributed by atoms with E-state index in [1.165, 1.54) is 42.7 Å². The second kappa shape index (κ2) is 15.9. The molecule has 8 aromatic carbocycles. The summed E-state index contributed by atoms with van der Waals surface area (Å²) in [5.41, 5.74) is 12.4. The Balaban J connectivity index is 1.09. The van der Waals surface area contributed by atoms with Crippen LogP contribution in [-0.4, -0.2) is 16.2 Å². The molecule has 5 nitrogen and oxygen atoms in total. The van der Waals surface area contributed by atoms with E-state index in [2.05, 4.69) is 216 Å². The normalized spacial score (nSPS) is 15.1. The third kappa shape index (κ3) is 6.60. The first-order valence-electron chi connectivity index (χ1n) is 21.3. The van der Waals surface area contributed by atoms with Gasteiger partial charge in [0.05, 0.1) is 22.4 Å². The summed E-state index contributed by atoms with van der Waals surface area (Å²) in [6.07, 6.45) is 6.84. The highest BCUT2D eigenvalue weighted by Gasteiger charge is 2.26. The van der Waals surface area contributed by atoms with Crippen LogP contribution in [0.1, 0.15) is 37.6 Å². The predicted molar refractivity (Wildman–Crippen MR) is 262 cm³/mol. The molecule has 0 saturated carbocycles. The van der Waals surface area contributed by atoms with Crippen LogP contribution in [-0.2, 0) is 0 Å². The van der Waals surface area contributed by atoms with Gasteiger partial charge in [-0.1, -0.05) is 158 Å². The van der Waals surface area contributed by atoms with Crippen molar-refractivity contribution in [3.8, 4) is 16.8 Å². The molecular weight excluding hydrogens is 775 g/mol. The molecule has 1 unspecified atom stereocenters. The molecule has 298 valence electrons. The molecule has 1 N–H and O–H groups in total. The number of amidine groups is 2. The standard InChI is InChI=1S/C56H43N5S/c1-3-5-17-37(4-2)54-57-55(39-19-8-6-9-20-39)59-56(58-54)42-21-16-24-44(34-42)61-48-32-29-38-18-12-13-25-45(38)53(48)46-31-28-40(35-49(46)61)41-30-33-52-50(36-41)60(43-22-10-7-11-23-43)47-26-14-15-27-51(47)62-52/h3,5-36,55H,4H2,1-2H3,(H,57,58,59)/b5-3-,37-17+. The highest BCUT2D eigenvalue weighted by Crippen LogP contribution is 2.52. The van der Waals surface area contributed by atoms with Gasteiger partial charge in [-0.25, -0.2) is 9.98 Å². The first-order valence-corrected chi connectivity index (χ1v) is 22.1. The van der Waals surface area contributed by atoms with Crippen molar-refractivity contribution < 1.29 is 0 Å². The Morgan fingerprint density at radius 1 is 0.629 bits per heavy atom. The molecule has 9 aromatic rings. The van der Waals surface area contributed by atoms with E-state index in [0.717, 1.165) is 62.5 Å². The number of nitrogens with one attached hydrogen (secondary N) is 1. The summed E-state index contributed by atoms with van der Waals surface area (Å²) in [5.74, 6) is 1.55. The molecule has 0 amide bonds. The van der Waals surface area contributed by atoms with Crippen LogP contribution >= 0.6 is 11.8 Å². The number of aliphatic imine (C=N–C) groups is 2. The number of benzene rings is 8. The predicted octanol–water partition coefficient (Wildman–Crippen LogP) is 14.9. The van der Waals surface area contributed by atoms with E-state index in [0.29, 0.717) is 5.84 Å². The zero-order valence-corrected chi connectivity index (χ0v) is 35.4. The lowest BCUT2D eigenvalue weighted by molar-refractivity contribution is 0.672. The third-order valence-electron chi connectivity index (χ3n) is 11.9. The molecule has 62 heavy (non-hydrogen) atoms. The second-order valence-corrected chi connectivity index (χ2v) is 16.7. The number of aromatic nitrogens is 1. The van der Waals surface area contributed by atoms with Gasteiger partial charge in [0, 0.05) is 37.5 Å². The number of anilines is 3. The maximum absolute atomic E-state index is 5.25. The number of nitrogens with zero attached hydrogens (tertiary/aromatic N) is 4. The molecule has 1 aromatic heterocycles. The topological polar surface area (TPSA) is 44.9 Å². The lowest BCUT2D eigenvalue weighted by Crippen LogP contribution is -2.34. The van der Waals surface area contributed by atoms with Gasteiger partial charge in [-0.15, -0.1) is 0 Å². The van der Waals surface area contributed by atoms with Crippen LogP contribution in [0.15, 0.2) is 226 Å². The first-order chi connectivity index (χ1) is 30.6. The van der Waals surface area contributed by atoms with Crippen molar-refractivity contribution in [2.24, 2.45) is 9.98 Å². The Kier molecular flexibility index (Phi) is 9.63. The molecule has 2 aliphatic rings. The Hall–Kier alpha value is -7.41. The van der Waals surface area contributed by atoms with Crippen molar-refractivity contribution >= 4 is 73.1 Å². The van der Waals surface area contributed by atoms with Crippen LogP contribution in [0.3, 0.4) is 0 Å². The lowest BCUT2D eigenvalue weighted by atomic mass is 10.00. The van der Waals surface area contributed by atoms with Crippen LogP contribution < -0.4 is 10.2 Å². The van der Waals surface area contributed by atoms with Crippen molar-refractivity contribution in [2.45, 2.75) is 36.2 Å². The molecule has 0 aliphatic carbocycles. The van der Waals surface area contributed by atoms with E-state index < -0.39 is 0 Å². The van der Waals surface area contributed by atoms with Crippen molar-refractivity contribution in [1.82, 2.24) is 9.88 Å². The summed E-state index contributed by atoms with van der Waals surface area (Å²) >= 11 is 1.83. The summed E-state index contributed by atoms with van der Waals surface area (Å²) in [7, 11) is 0. The molecule has 2 aliphatic heterocycles. The van der Waals surface area contributed by atoms with Gasteiger partial charge in [0.15, 0.2) is 5.84 Å². The second-order valence-electron chi connectivity index (χ2n) is 15.7. The van der Waals surface area contributed by atoms with Crippen LogP contribution in [0.2, 0.25) is 0 Å². The molecule has 6 heteroatoms. The van der Waals surface area contributed by atoms with Crippen molar-refractivity contribution in [1.29, 1.82) is 0 Å². The fourth-order valence-corrected chi connectivity index (χ4v) is 9.98. The number of fused-ring (bicyclic) bond motifs is 7. The molecule has 0 fully saturated rings. The fraction of sp³-hybridized carbons (Fsp3) is 0.0714. The molecule has 1 atom stereocenters. The Labute approximate surface area is 366 Å². The summed E-state index contributed by atoms with van der Waals surface area (Å²) in [6, 6.07) is 65.7. The zero-order chi connectivity index (χ0) is 41.6. The Bertz CT molecular complexity index is 3300. The quantitative estimate of drug-likeness (QED) is 0.155. The van der Waals surface area contributed by atoms with Gasteiger partial charge in [-0.05, 0) is 107 Å². The number of allylic oxidation sites excluding steroid dienone is 3. The molecule has 0 radical (unpaired) electrons. The molecule has 0 spiro atoms. The van der Waals surface area contributed by atoms with E-state index in [4.69, 9.17) is 9.98 Å². The molecular formula is C56H43N5S. The minimum atomic E-state index is -0.272. The lowest BCUT2D eigenvalue weighted by Gasteiger charge is -2.33. The molecule has 3 heterocycles. The zero-order valence-electron chi connectivity index (χ0n) is 34.5. The molecule has 0 bridgehead atoms. The minimum absolute atomic E-state index is 0.272. The Morgan fingerprint density at radius 3 is 2.23 bits per heavy atom. The summed E-state index contributed by atoms with van der Waals surface area (Å²) in [4.78, 5) is 15.3. The first kappa shape index (κ1) is 37.6. The van der Waals surface area contributed by atoms with E-state index in [1.807, 2.05) is 24.8 Å². The summed E-state index contributed by atoms with van der Waals surface area (Å²) in [6.45, 7) is 4.21. The van der Waals surface area contributed by atoms with Gasteiger partial charge >= 0.3 is 0 Å². The number of para-hydroxylation sites is 2. The van der Waals surface area contributed by atoms with Gasteiger partial charge in [-0.2, -0.15) is 0 Å². The van der Waals surface area contributed by atoms with Crippen LogP contribution in [0.5, 0.6) is 0 Å². The van der Waals surface area contributed by atoms with Crippen molar-refractivity contribution in [2.75, 3.05) is 4.90 Å². The third-order valence-corrected chi connectivity index (χ3v) is 13.1. The number of hydrogen-bond acceptors (Lipinski definition) is 5. The number of rotatable bonds is 8. The van der Waals surface area contributed by atoms with Gasteiger partial charge in [0.2, 0.25) is 0 Å². The monoisotopic (exact) mass is 817 g/mol.